The topological polar surface area (TPSA) is 60.4 Å². The number of rotatable bonds is 9. The molecule has 0 aliphatic rings. The smallest absolute Gasteiger partial charge is 0.305 e. The van der Waals surface area contributed by atoms with Crippen molar-refractivity contribution in [1.29, 1.82) is 0 Å². The molecule has 1 aromatic rings. The molecule has 112 valence electrons. The second-order valence-corrected chi connectivity index (χ2v) is 6.88. The number of benzene rings is 1. The zero-order valence-corrected chi connectivity index (χ0v) is 12.7. The second-order valence-electron chi connectivity index (χ2n) is 4.69. The molecule has 0 heterocycles. The number of esters is 1. The van der Waals surface area contributed by atoms with Crippen molar-refractivity contribution in [3.63, 3.8) is 0 Å². The third-order valence-electron chi connectivity index (χ3n) is 2.87. The van der Waals surface area contributed by atoms with Gasteiger partial charge in [-0.15, -0.1) is 0 Å². The van der Waals surface area contributed by atoms with Crippen LogP contribution in [0.1, 0.15) is 38.2 Å². The lowest BCUT2D eigenvalue weighted by Crippen LogP contribution is -2.09. The third kappa shape index (κ3) is 7.28. The molecule has 1 aromatic carbocycles. The van der Waals surface area contributed by atoms with Crippen molar-refractivity contribution in [1.82, 2.24) is 0 Å². The van der Waals surface area contributed by atoms with Crippen LogP contribution in [0, 0.1) is 0 Å². The highest BCUT2D eigenvalue weighted by Gasteiger charge is 2.11. The number of carbonyl (C=O) groups is 1. The minimum absolute atomic E-state index is 0.0890. The Morgan fingerprint density at radius 3 is 2.45 bits per heavy atom. The summed E-state index contributed by atoms with van der Waals surface area (Å²) in [5, 5.41) is 0. The summed E-state index contributed by atoms with van der Waals surface area (Å²) in [5.41, 5.74) is 0.819. The molecule has 0 atom stereocenters. The van der Waals surface area contributed by atoms with Gasteiger partial charge in [0.05, 0.1) is 18.1 Å². The van der Waals surface area contributed by atoms with E-state index in [1.54, 1.807) is 6.92 Å². The normalized spacial score (nSPS) is 11.2. The molecule has 5 heteroatoms. The highest BCUT2D eigenvalue weighted by atomic mass is 32.2. The van der Waals surface area contributed by atoms with E-state index >= 15 is 0 Å². The molecule has 0 N–H and O–H groups in total. The zero-order chi connectivity index (χ0) is 14.8. The van der Waals surface area contributed by atoms with Crippen molar-refractivity contribution in [2.24, 2.45) is 0 Å². The average molecular weight is 298 g/mol. The van der Waals surface area contributed by atoms with Gasteiger partial charge in [-0.1, -0.05) is 36.8 Å². The molecule has 0 amide bonds. The van der Waals surface area contributed by atoms with E-state index in [1.165, 1.54) is 0 Å². The minimum Gasteiger partial charge on any atom is -0.466 e. The molecule has 20 heavy (non-hydrogen) atoms. The Bertz CT molecular complexity index is 494. The first-order chi connectivity index (χ1) is 9.53. The molecule has 0 aliphatic carbocycles. The van der Waals surface area contributed by atoms with E-state index in [2.05, 4.69) is 0 Å². The van der Waals surface area contributed by atoms with E-state index in [0.29, 0.717) is 25.9 Å². The fourth-order valence-corrected chi connectivity index (χ4v) is 3.39. The van der Waals surface area contributed by atoms with Crippen molar-refractivity contribution < 1.29 is 17.9 Å². The van der Waals surface area contributed by atoms with Gasteiger partial charge in [0.15, 0.2) is 9.84 Å². The fraction of sp³-hybridized carbons (Fsp3) is 0.533. The van der Waals surface area contributed by atoms with Gasteiger partial charge in [-0.2, -0.15) is 0 Å². The molecule has 4 nitrogen and oxygen atoms in total. The van der Waals surface area contributed by atoms with Gasteiger partial charge in [0, 0.05) is 6.42 Å². The molecule has 0 spiro atoms. The Balaban J connectivity index is 2.22. The van der Waals surface area contributed by atoms with Crippen LogP contribution in [-0.2, 0) is 25.1 Å². The number of hydrogen-bond donors (Lipinski definition) is 0. The Kier molecular flexibility index (Phi) is 7.30. The first kappa shape index (κ1) is 16.7. The summed E-state index contributed by atoms with van der Waals surface area (Å²) in [7, 11) is -3.06. The highest BCUT2D eigenvalue weighted by molar-refractivity contribution is 7.90. The van der Waals surface area contributed by atoms with E-state index in [1.807, 2.05) is 30.3 Å². The minimum atomic E-state index is -3.06. The molecule has 0 aromatic heterocycles. The molecule has 1 rings (SSSR count). The molecule has 0 aliphatic heterocycles. The van der Waals surface area contributed by atoms with E-state index in [-0.39, 0.29) is 17.5 Å². The van der Waals surface area contributed by atoms with Crippen molar-refractivity contribution in [3.05, 3.63) is 35.9 Å². The number of hydrogen-bond acceptors (Lipinski definition) is 4. The maximum Gasteiger partial charge on any atom is 0.305 e. The maximum absolute atomic E-state index is 11.9. The van der Waals surface area contributed by atoms with Crippen molar-refractivity contribution in [2.45, 2.75) is 38.4 Å². The first-order valence-corrected chi connectivity index (χ1v) is 8.75. The summed E-state index contributed by atoms with van der Waals surface area (Å²) < 4.78 is 28.6. The Hall–Kier alpha value is -1.36. The SMILES string of the molecule is CCOC(=O)CCCCCS(=O)(=O)Cc1ccccc1. The molecule has 0 radical (unpaired) electrons. The highest BCUT2D eigenvalue weighted by Crippen LogP contribution is 2.09. The number of ether oxygens (including phenoxy) is 1. The Morgan fingerprint density at radius 1 is 1.10 bits per heavy atom. The maximum atomic E-state index is 11.9. The van der Waals surface area contributed by atoms with E-state index in [9.17, 15) is 13.2 Å². The number of unbranched alkanes of at least 4 members (excludes halogenated alkanes) is 2. The Morgan fingerprint density at radius 2 is 1.80 bits per heavy atom. The summed E-state index contributed by atoms with van der Waals surface area (Å²) in [5.74, 6) is 0.0517. The van der Waals surface area contributed by atoms with Crippen LogP contribution in [0.4, 0.5) is 0 Å². The predicted molar refractivity (Wildman–Crippen MR) is 79.0 cm³/mol. The molecule has 0 unspecified atom stereocenters. The van der Waals surface area contributed by atoms with Crippen LogP contribution in [0.2, 0.25) is 0 Å². The molecule has 0 bridgehead atoms. The third-order valence-corrected chi connectivity index (χ3v) is 4.55. The van der Waals surface area contributed by atoms with Crippen molar-refractivity contribution in [2.75, 3.05) is 12.4 Å². The van der Waals surface area contributed by atoms with Gasteiger partial charge in [-0.25, -0.2) is 8.42 Å². The molecule has 0 saturated heterocycles. The van der Waals surface area contributed by atoms with E-state index in [4.69, 9.17) is 4.74 Å². The standard InChI is InChI=1S/C15H22O4S/c1-2-19-15(16)11-7-4-8-12-20(17,18)13-14-9-5-3-6-10-14/h3,5-6,9-10H,2,4,7-8,11-13H2,1H3. The van der Waals surface area contributed by atoms with Crippen LogP contribution in [0.25, 0.3) is 0 Å². The average Bonchev–Trinajstić information content (AvgIpc) is 2.39. The van der Waals surface area contributed by atoms with Crippen LogP contribution in [0.3, 0.4) is 0 Å². The van der Waals surface area contributed by atoms with Crippen LogP contribution >= 0.6 is 0 Å². The summed E-state index contributed by atoms with van der Waals surface area (Å²) in [4.78, 5) is 11.1. The predicted octanol–water partition coefficient (Wildman–Crippen LogP) is 2.72. The zero-order valence-electron chi connectivity index (χ0n) is 11.9. The monoisotopic (exact) mass is 298 g/mol. The summed E-state index contributed by atoms with van der Waals surface area (Å²) >= 11 is 0. The Labute approximate surface area is 121 Å². The summed E-state index contributed by atoms with van der Waals surface area (Å²) in [6.07, 6.45) is 2.37. The van der Waals surface area contributed by atoms with Crippen LogP contribution in [0.15, 0.2) is 30.3 Å². The molecule has 0 saturated carbocycles. The summed E-state index contributed by atoms with van der Waals surface area (Å²) in [6.45, 7) is 2.17. The molecule has 0 fully saturated rings. The van der Waals surface area contributed by atoms with Gasteiger partial charge in [0.1, 0.15) is 0 Å². The van der Waals surface area contributed by atoms with Crippen LogP contribution in [-0.4, -0.2) is 26.7 Å². The molecular formula is C15H22O4S. The number of carbonyl (C=O) groups excluding carboxylic acids is 1. The first-order valence-electron chi connectivity index (χ1n) is 6.93. The number of sulfone groups is 1. The van der Waals surface area contributed by atoms with Gasteiger partial charge >= 0.3 is 5.97 Å². The largest absolute Gasteiger partial charge is 0.466 e. The van der Waals surface area contributed by atoms with Gasteiger partial charge in [0.2, 0.25) is 0 Å². The van der Waals surface area contributed by atoms with Gasteiger partial charge in [-0.05, 0) is 25.3 Å². The lowest BCUT2D eigenvalue weighted by atomic mass is 10.2. The van der Waals surface area contributed by atoms with Crippen molar-refractivity contribution in [3.8, 4) is 0 Å². The van der Waals surface area contributed by atoms with Gasteiger partial charge < -0.3 is 4.74 Å². The van der Waals surface area contributed by atoms with E-state index < -0.39 is 9.84 Å². The lowest BCUT2D eigenvalue weighted by molar-refractivity contribution is -0.143. The lowest BCUT2D eigenvalue weighted by Gasteiger charge is -2.05. The van der Waals surface area contributed by atoms with E-state index in [0.717, 1.165) is 12.0 Å². The van der Waals surface area contributed by atoms with Crippen LogP contribution < -0.4 is 0 Å². The fourth-order valence-electron chi connectivity index (χ4n) is 1.90. The quantitative estimate of drug-likeness (QED) is 0.519. The van der Waals surface area contributed by atoms with Crippen molar-refractivity contribution >= 4 is 15.8 Å². The molecular weight excluding hydrogens is 276 g/mol. The summed E-state index contributed by atoms with van der Waals surface area (Å²) in [6, 6.07) is 9.18. The second kappa shape index (κ2) is 8.74. The van der Waals surface area contributed by atoms with Gasteiger partial charge in [-0.3, -0.25) is 4.79 Å². The van der Waals surface area contributed by atoms with Gasteiger partial charge in [0.25, 0.3) is 0 Å². The van der Waals surface area contributed by atoms with Crippen LogP contribution in [0.5, 0.6) is 0 Å².